The Bertz CT molecular complexity index is 566. The van der Waals surface area contributed by atoms with Crippen LogP contribution in [0, 0.1) is 0 Å². The van der Waals surface area contributed by atoms with Crippen LogP contribution < -0.4 is 4.74 Å². The van der Waals surface area contributed by atoms with E-state index in [0.717, 1.165) is 17.9 Å². The van der Waals surface area contributed by atoms with Gasteiger partial charge in [-0.25, -0.2) is 4.79 Å². The van der Waals surface area contributed by atoms with Gasteiger partial charge in [0, 0.05) is 6.54 Å². The van der Waals surface area contributed by atoms with Gasteiger partial charge in [0.1, 0.15) is 0 Å². The quantitative estimate of drug-likeness (QED) is 0.809. The third-order valence-corrected chi connectivity index (χ3v) is 3.37. The van der Waals surface area contributed by atoms with E-state index in [1.807, 2.05) is 6.92 Å². The van der Waals surface area contributed by atoms with Gasteiger partial charge in [-0.15, -0.1) is 0 Å². The van der Waals surface area contributed by atoms with Crippen LogP contribution in [0.4, 0.5) is 0 Å². The Labute approximate surface area is 112 Å². The molecule has 0 saturated carbocycles. The number of thiazole rings is 1. The number of methoxy groups -OCH3 is 1. The van der Waals surface area contributed by atoms with Crippen molar-refractivity contribution in [1.29, 1.82) is 0 Å². The molecular weight excluding hydrogens is 278 g/mol. The SMILES string of the molecule is CCn1cc(Oc2nc(Cl)c(C(=O)OC)s2)cn1. The summed E-state index contributed by atoms with van der Waals surface area (Å²) in [6.45, 7) is 2.71. The van der Waals surface area contributed by atoms with Crippen LogP contribution in [0.2, 0.25) is 5.15 Å². The van der Waals surface area contributed by atoms with E-state index < -0.39 is 5.97 Å². The van der Waals surface area contributed by atoms with E-state index >= 15 is 0 Å². The molecule has 0 fully saturated rings. The molecule has 0 spiro atoms. The number of rotatable bonds is 4. The topological polar surface area (TPSA) is 66.2 Å². The first kappa shape index (κ1) is 12.8. The predicted octanol–water partition coefficient (Wildman–Crippen LogP) is 2.59. The molecule has 6 nitrogen and oxygen atoms in total. The second-order valence-electron chi connectivity index (χ2n) is 3.23. The fourth-order valence-corrected chi connectivity index (χ4v) is 2.28. The molecule has 2 aromatic heterocycles. The Morgan fingerprint density at radius 2 is 2.39 bits per heavy atom. The highest BCUT2D eigenvalue weighted by molar-refractivity contribution is 7.15. The van der Waals surface area contributed by atoms with E-state index in [-0.39, 0.29) is 15.2 Å². The van der Waals surface area contributed by atoms with Crippen molar-refractivity contribution in [3.05, 3.63) is 22.4 Å². The molecule has 0 aliphatic rings. The first-order valence-electron chi connectivity index (χ1n) is 5.09. The highest BCUT2D eigenvalue weighted by Gasteiger charge is 2.18. The van der Waals surface area contributed by atoms with Crippen molar-refractivity contribution in [1.82, 2.24) is 14.8 Å². The van der Waals surface area contributed by atoms with Gasteiger partial charge in [0.15, 0.2) is 15.8 Å². The third-order valence-electron chi connectivity index (χ3n) is 2.08. The van der Waals surface area contributed by atoms with Crippen molar-refractivity contribution in [2.75, 3.05) is 7.11 Å². The molecule has 0 unspecified atom stereocenters. The first-order valence-corrected chi connectivity index (χ1v) is 6.28. The number of esters is 1. The number of hydrogen-bond acceptors (Lipinski definition) is 6. The molecule has 0 bridgehead atoms. The minimum Gasteiger partial charge on any atom is -0.465 e. The summed E-state index contributed by atoms with van der Waals surface area (Å²) in [6.07, 6.45) is 3.30. The summed E-state index contributed by atoms with van der Waals surface area (Å²) in [5, 5.41) is 4.40. The lowest BCUT2D eigenvalue weighted by Gasteiger charge is -1.95. The molecule has 96 valence electrons. The molecule has 0 N–H and O–H groups in total. The molecule has 2 heterocycles. The van der Waals surface area contributed by atoms with E-state index in [4.69, 9.17) is 16.3 Å². The van der Waals surface area contributed by atoms with Crippen LogP contribution in [0.3, 0.4) is 0 Å². The van der Waals surface area contributed by atoms with Crippen molar-refractivity contribution in [3.63, 3.8) is 0 Å². The maximum Gasteiger partial charge on any atom is 0.351 e. The molecule has 8 heteroatoms. The van der Waals surface area contributed by atoms with E-state index in [1.165, 1.54) is 7.11 Å². The Morgan fingerprint density at radius 1 is 1.61 bits per heavy atom. The van der Waals surface area contributed by atoms with E-state index in [9.17, 15) is 4.79 Å². The molecule has 0 saturated heterocycles. The van der Waals surface area contributed by atoms with Gasteiger partial charge in [0.05, 0.1) is 19.5 Å². The monoisotopic (exact) mass is 287 g/mol. The number of carbonyl (C=O) groups is 1. The third kappa shape index (κ3) is 2.62. The average Bonchev–Trinajstić information content (AvgIpc) is 2.95. The van der Waals surface area contributed by atoms with Crippen LogP contribution in [0.1, 0.15) is 16.6 Å². The van der Waals surface area contributed by atoms with Gasteiger partial charge in [0.2, 0.25) is 0 Å². The summed E-state index contributed by atoms with van der Waals surface area (Å²) in [5.74, 6) is 0.00952. The van der Waals surface area contributed by atoms with Crippen LogP contribution >= 0.6 is 22.9 Å². The average molecular weight is 288 g/mol. The smallest absolute Gasteiger partial charge is 0.351 e. The summed E-state index contributed by atoms with van der Waals surface area (Å²) in [4.78, 5) is 15.5. The second kappa shape index (κ2) is 5.36. The first-order chi connectivity index (χ1) is 8.63. The van der Waals surface area contributed by atoms with Gasteiger partial charge in [-0.3, -0.25) is 4.68 Å². The fraction of sp³-hybridized carbons (Fsp3) is 0.300. The zero-order valence-electron chi connectivity index (χ0n) is 9.71. The van der Waals surface area contributed by atoms with Crippen LogP contribution in [-0.4, -0.2) is 27.8 Å². The van der Waals surface area contributed by atoms with Gasteiger partial charge in [-0.2, -0.15) is 10.1 Å². The van der Waals surface area contributed by atoms with Gasteiger partial charge >= 0.3 is 5.97 Å². The summed E-state index contributed by atoms with van der Waals surface area (Å²) in [5.41, 5.74) is 0. The number of halogens is 1. The zero-order chi connectivity index (χ0) is 13.1. The summed E-state index contributed by atoms with van der Waals surface area (Å²) in [7, 11) is 1.28. The molecule has 0 aromatic carbocycles. The maximum atomic E-state index is 11.3. The summed E-state index contributed by atoms with van der Waals surface area (Å²) in [6, 6.07) is 0. The maximum absolute atomic E-state index is 11.3. The Balaban J connectivity index is 2.17. The highest BCUT2D eigenvalue weighted by atomic mass is 35.5. The van der Waals surface area contributed by atoms with Crippen molar-refractivity contribution in [2.45, 2.75) is 13.5 Å². The van der Waals surface area contributed by atoms with Crippen molar-refractivity contribution < 1.29 is 14.3 Å². The van der Waals surface area contributed by atoms with Crippen LogP contribution in [-0.2, 0) is 11.3 Å². The zero-order valence-corrected chi connectivity index (χ0v) is 11.3. The Morgan fingerprint density at radius 3 is 3.00 bits per heavy atom. The largest absolute Gasteiger partial charge is 0.465 e. The molecule has 18 heavy (non-hydrogen) atoms. The van der Waals surface area contributed by atoms with Crippen LogP contribution in [0.25, 0.3) is 0 Å². The lowest BCUT2D eigenvalue weighted by atomic mass is 10.6. The van der Waals surface area contributed by atoms with Crippen LogP contribution in [0.15, 0.2) is 12.4 Å². The molecule has 0 aliphatic heterocycles. The molecule has 2 aromatic rings. The summed E-state index contributed by atoms with van der Waals surface area (Å²) >= 11 is 6.84. The lowest BCUT2D eigenvalue weighted by Crippen LogP contribution is -1.98. The molecule has 2 rings (SSSR count). The number of hydrogen-bond donors (Lipinski definition) is 0. The van der Waals surface area contributed by atoms with Gasteiger partial charge < -0.3 is 9.47 Å². The van der Waals surface area contributed by atoms with Gasteiger partial charge in [-0.05, 0) is 6.92 Å². The summed E-state index contributed by atoms with van der Waals surface area (Å²) < 4.78 is 11.7. The Kier molecular flexibility index (Phi) is 3.83. The van der Waals surface area contributed by atoms with Crippen molar-refractivity contribution in [3.8, 4) is 10.9 Å². The normalized spacial score (nSPS) is 10.4. The molecule has 0 aliphatic carbocycles. The standard InChI is InChI=1S/C10H10ClN3O3S/c1-3-14-5-6(4-12-14)17-10-13-8(11)7(18-10)9(15)16-2/h4-5H,3H2,1-2H3. The fourth-order valence-electron chi connectivity index (χ4n) is 1.22. The van der Waals surface area contributed by atoms with Crippen molar-refractivity contribution >= 4 is 28.9 Å². The number of aromatic nitrogens is 3. The second-order valence-corrected chi connectivity index (χ2v) is 4.54. The van der Waals surface area contributed by atoms with Crippen LogP contribution in [0.5, 0.6) is 10.9 Å². The molecule has 0 amide bonds. The lowest BCUT2D eigenvalue weighted by molar-refractivity contribution is 0.0606. The van der Waals surface area contributed by atoms with Crippen molar-refractivity contribution in [2.24, 2.45) is 0 Å². The van der Waals surface area contributed by atoms with E-state index in [1.54, 1.807) is 17.1 Å². The van der Waals surface area contributed by atoms with Gasteiger partial charge in [0.25, 0.3) is 5.19 Å². The molecule has 0 radical (unpaired) electrons. The minimum absolute atomic E-state index is 0.0738. The number of nitrogens with zero attached hydrogens (tertiary/aromatic N) is 3. The van der Waals surface area contributed by atoms with E-state index in [2.05, 4.69) is 14.8 Å². The number of ether oxygens (including phenoxy) is 2. The van der Waals surface area contributed by atoms with E-state index in [0.29, 0.717) is 5.75 Å². The minimum atomic E-state index is -0.531. The van der Waals surface area contributed by atoms with Gasteiger partial charge in [-0.1, -0.05) is 22.9 Å². The Hall–Kier alpha value is -1.60. The number of carbonyl (C=O) groups excluding carboxylic acids is 1. The molecule has 0 atom stereocenters. The number of aryl methyl sites for hydroxylation is 1. The highest BCUT2D eigenvalue weighted by Crippen LogP contribution is 2.32. The predicted molar refractivity (Wildman–Crippen MR) is 66.4 cm³/mol. The molecular formula is C10H10ClN3O3S.